The summed E-state index contributed by atoms with van der Waals surface area (Å²) in [5, 5.41) is 29.4. The highest BCUT2D eigenvalue weighted by Crippen LogP contribution is 2.45. The van der Waals surface area contributed by atoms with Crippen LogP contribution >= 0.6 is 0 Å². The first-order valence-electron chi connectivity index (χ1n) is 35.2. The Bertz CT molecular complexity index is 3670. The molecule has 7 aromatic rings. The number of carbonyl (C=O) groups is 4. The van der Waals surface area contributed by atoms with Crippen molar-refractivity contribution in [1.29, 1.82) is 0 Å². The Morgan fingerprint density at radius 1 is 0.406 bits per heavy atom. The normalized spacial score (nSPS) is 17.5. The summed E-state index contributed by atoms with van der Waals surface area (Å²) in [6, 6.07) is 53.1. The van der Waals surface area contributed by atoms with Gasteiger partial charge < -0.3 is 29.5 Å². The molecule has 2 aliphatic rings. The van der Waals surface area contributed by atoms with Crippen molar-refractivity contribution in [3.8, 4) is 50.3 Å². The van der Waals surface area contributed by atoms with Crippen LogP contribution in [-0.4, -0.2) is 71.0 Å². The SMILES string of the molecule is C=C(C)C(=O)OC1CC(CCO)CC(c2cc(-c3ccc(-c4ccc(CCCCC)cc4)cc3)cc(C3CC(CCO)CC(OC(=O)C(=C)C)C3)c2)C1.C=C(C)C(=O)Oc1cc(CCO)cc(C(=O)c2cc(-c3ccc(-c4ccc(CCCCC)cc4)cc3)ccc2CCC)c1. The van der Waals surface area contributed by atoms with Crippen LogP contribution in [0, 0.1) is 11.8 Å². The molecule has 0 saturated heterocycles. The van der Waals surface area contributed by atoms with Crippen molar-refractivity contribution in [2.24, 2.45) is 11.8 Å². The van der Waals surface area contributed by atoms with Crippen molar-refractivity contribution in [3.63, 3.8) is 0 Å². The van der Waals surface area contributed by atoms with E-state index in [-0.39, 0.29) is 84.7 Å². The van der Waals surface area contributed by atoms with Gasteiger partial charge in [-0.15, -0.1) is 0 Å². The summed E-state index contributed by atoms with van der Waals surface area (Å²) in [7, 11) is 0. The van der Waals surface area contributed by atoms with Crippen molar-refractivity contribution in [3.05, 3.63) is 233 Å². The molecule has 0 spiro atoms. The Morgan fingerprint density at radius 3 is 1.25 bits per heavy atom. The zero-order chi connectivity index (χ0) is 68.7. The first-order valence-corrected chi connectivity index (χ1v) is 35.2. The first kappa shape index (κ1) is 73.5. The lowest BCUT2D eigenvalue weighted by atomic mass is 9.72. The predicted octanol–water partition coefficient (Wildman–Crippen LogP) is 19.2. The van der Waals surface area contributed by atoms with Gasteiger partial charge >= 0.3 is 17.9 Å². The first-order chi connectivity index (χ1) is 46.4. The summed E-state index contributed by atoms with van der Waals surface area (Å²) >= 11 is 0. The van der Waals surface area contributed by atoms with Gasteiger partial charge in [0.1, 0.15) is 18.0 Å². The van der Waals surface area contributed by atoms with Gasteiger partial charge in [0.25, 0.3) is 0 Å². The third-order valence-corrected chi connectivity index (χ3v) is 19.0. The van der Waals surface area contributed by atoms with Crippen molar-refractivity contribution in [2.45, 2.75) is 188 Å². The van der Waals surface area contributed by atoms with Gasteiger partial charge in [-0.05, 0) is 236 Å². The summed E-state index contributed by atoms with van der Waals surface area (Å²) in [5.41, 5.74) is 17.9. The second-order valence-electron chi connectivity index (χ2n) is 27.0. The number of rotatable bonds is 30. The predicted molar refractivity (Wildman–Crippen MR) is 389 cm³/mol. The van der Waals surface area contributed by atoms with E-state index in [9.17, 15) is 34.5 Å². The van der Waals surface area contributed by atoms with Gasteiger partial charge in [-0.25, -0.2) is 14.4 Å². The Labute approximate surface area is 571 Å². The number of ether oxygens (including phenoxy) is 3. The molecule has 0 radical (unpaired) electrons. The quantitative estimate of drug-likeness (QED) is 0.0130. The number of unbranched alkanes of at least 4 members (excludes halogenated alkanes) is 4. The van der Waals surface area contributed by atoms with E-state index in [1.165, 1.54) is 77.5 Å². The molecule has 6 atom stereocenters. The standard InChI is InChI=1S/C47H60O6.C39H42O4/c1-6-7-8-9-33-10-12-36(13-11-33)37-14-16-38(17-15-37)41-26-42(39-22-34(18-20-48)24-44(29-39)52-46(50)31(2)3)28-43(27-41)40-23-35(19-21-49)25-45(30-40)53-47(51)32(4)5;1-5-7-8-10-28-11-13-30(14-12-28)31-15-17-32(18-16-31)34-20-19-33(9-6-2)37(26-34)38(41)35-23-29(21-22-40)24-36(25-35)43-39(42)27(3)4/h10-17,26-28,34-35,39-40,44-45,48-49H,2,4,6-9,18-25,29-30H2,1,3,5H3;11-20,23-26,40H,3,5-10,21-22H2,1-2,4H3. The molecule has 2 aliphatic carbocycles. The Kier molecular flexibility index (Phi) is 28.1. The average Bonchev–Trinajstić information content (AvgIpc) is 0.837. The molecular formula is C86H102O10. The van der Waals surface area contributed by atoms with E-state index in [0.717, 1.165) is 90.3 Å². The third-order valence-electron chi connectivity index (χ3n) is 19.0. The smallest absolute Gasteiger partial charge is 0.338 e. The lowest BCUT2D eigenvalue weighted by molar-refractivity contribution is -0.147. The van der Waals surface area contributed by atoms with Crippen LogP contribution in [0.3, 0.4) is 0 Å². The molecule has 0 bridgehead atoms. The fraction of sp³-hybridized carbons (Fsp3) is 0.395. The molecule has 0 aliphatic heterocycles. The maximum absolute atomic E-state index is 14.0. The lowest BCUT2D eigenvalue weighted by Gasteiger charge is -2.37. The molecule has 0 amide bonds. The summed E-state index contributed by atoms with van der Waals surface area (Å²) in [5.74, 6) is -0.468. The summed E-state index contributed by atoms with van der Waals surface area (Å²) in [4.78, 5) is 51.4. The monoisotopic (exact) mass is 1290 g/mol. The van der Waals surface area contributed by atoms with E-state index in [1.807, 2.05) is 12.1 Å². The molecule has 10 nitrogen and oxygen atoms in total. The van der Waals surface area contributed by atoms with Gasteiger partial charge in [0.15, 0.2) is 5.78 Å². The zero-order valence-electron chi connectivity index (χ0n) is 57.8. The van der Waals surface area contributed by atoms with E-state index in [1.54, 1.807) is 39.0 Å². The van der Waals surface area contributed by atoms with Crippen LogP contribution in [-0.2, 0) is 49.5 Å². The van der Waals surface area contributed by atoms with Crippen LogP contribution in [0.2, 0.25) is 0 Å². The largest absolute Gasteiger partial charge is 0.459 e. The number of aliphatic hydroxyl groups is 3. The maximum Gasteiger partial charge on any atom is 0.338 e. The summed E-state index contributed by atoms with van der Waals surface area (Å²) in [6.45, 7) is 22.8. The molecule has 2 saturated carbocycles. The topological polar surface area (TPSA) is 157 Å². The van der Waals surface area contributed by atoms with E-state index >= 15 is 0 Å². The molecule has 96 heavy (non-hydrogen) atoms. The van der Waals surface area contributed by atoms with Crippen molar-refractivity contribution in [2.75, 3.05) is 19.8 Å². The second-order valence-corrected chi connectivity index (χ2v) is 27.0. The van der Waals surface area contributed by atoms with Crippen molar-refractivity contribution >= 4 is 23.7 Å². The number of hydrogen-bond donors (Lipinski definition) is 3. The van der Waals surface area contributed by atoms with Crippen LogP contribution in [0.15, 0.2) is 188 Å². The van der Waals surface area contributed by atoms with Crippen LogP contribution in [0.5, 0.6) is 5.75 Å². The molecule has 6 unspecified atom stereocenters. The van der Waals surface area contributed by atoms with E-state index in [2.05, 4.69) is 162 Å². The zero-order valence-corrected chi connectivity index (χ0v) is 57.8. The minimum absolute atomic E-state index is 0.0822. The maximum atomic E-state index is 14.0. The number of aliphatic hydroxyl groups excluding tert-OH is 3. The van der Waals surface area contributed by atoms with Crippen LogP contribution in [0.1, 0.15) is 199 Å². The molecule has 0 heterocycles. The molecule has 0 aromatic heterocycles. The van der Waals surface area contributed by atoms with E-state index in [0.29, 0.717) is 54.4 Å². The lowest BCUT2D eigenvalue weighted by Crippen LogP contribution is -2.31. The van der Waals surface area contributed by atoms with Gasteiger partial charge in [-0.3, -0.25) is 4.79 Å². The Morgan fingerprint density at radius 2 is 0.833 bits per heavy atom. The Balaban J connectivity index is 0.000000251. The van der Waals surface area contributed by atoms with E-state index in [4.69, 9.17) is 14.2 Å². The molecular weight excluding hydrogens is 1190 g/mol. The minimum Gasteiger partial charge on any atom is -0.459 e. The molecule has 10 heteroatoms. The highest BCUT2D eigenvalue weighted by Gasteiger charge is 2.35. The van der Waals surface area contributed by atoms with Gasteiger partial charge in [-0.1, -0.05) is 200 Å². The highest BCUT2D eigenvalue weighted by atomic mass is 16.5. The molecule has 506 valence electrons. The van der Waals surface area contributed by atoms with Crippen molar-refractivity contribution < 1.29 is 48.7 Å². The minimum atomic E-state index is -0.556. The summed E-state index contributed by atoms with van der Waals surface area (Å²) in [6.07, 6.45) is 17.1. The number of ketones is 1. The number of hydrogen-bond acceptors (Lipinski definition) is 10. The fourth-order valence-electron chi connectivity index (χ4n) is 13.7. The molecule has 2 fully saturated rings. The van der Waals surface area contributed by atoms with Crippen LogP contribution < -0.4 is 4.74 Å². The van der Waals surface area contributed by atoms with Crippen molar-refractivity contribution in [1.82, 2.24) is 0 Å². The number of esters is 3. The number of benzene rings is 7. The fourth-order valence-corrected chi connectivity index (χ4v) is 13.7. The molecule has 9 rings (SSSR count). The van der Waals surface area contributed by atoms with Crippen LogP contribution in [0.4, 0.5) is 0 Å². The van der Waals surface area contributed by atoms with Gasteiger partial charge in [0.05, 0.1) is 0 Å². The number of carbonyl (C=O) groups excluding carboxylic acids is 4. The third kappa shape index (κ3) is 21.1. The van der Waals surface area contributed by atoms with Gasteiger partial charge in [0, 0.05) is 47.7 Å². The van der Waals surface area contributed by atoms with Gasteiger partial charge in [-0.2, -0.15) is 0 Å². The van der Waals surface area contributed by atoms with Gasteiger partial charge in [0.2, 0.25) is 0 Å². The second kappa shape index (κ2) is 36.7. The van der Waals surface area contributed by atoms with Crippen LogP contribution in [0.25, 0.3) is 44.5 Å². The summed E-state index contributed by atoms with van der Waals surface area (Å²) < 4.78 is 17.3. The highest BCUT2D eigenvalue weighted by molar-refractivity contribution is 6.11. The average molecular weight is 1300 g/mol. The Hall–Kier alpha value is -8.28. The molecule has 3 N–H and O–H groups in total. The van der Waals surface area contributed by atoms with E-state index < -0.39 is 5.97 Å². The molecule has 7 aromatic carbocycles. The number of aryl methyl sites for hydroxylation is 3.